The number of nitrogens with zero attached hydrogens (tertiary/aromatic N) is 4. The van der Waals surface area contributed by atoms with Gasteiger partial charge < -0.3 is 9.47 Å². The van der Waals surface area contributed by atoms with E-state index in [1.807, 2.05) is 36.4 Å². The summed E-state index contributed by atoms with van der Waals surface area (Å²) in [4.78, 5) is 9.82. The van der Waals surface area contributed by atoms with E-state index in [9.17, 15) is 0 Å². The van der Waals surface area contributed by atoms with E-state index in [2.05, 4.69) is 130 Å². The number of aromatic nitrogens is 1. The quantitative estimate of drug-likeness (QED) is 0.191. The molecule has 0 saturated carbocycles. The van der Waals surface area contributed by atoms with E-state index < -0.39 is 0 Å². The second-order valence-corrected chi connectivity index (χ2v) is 12.0. The lowest BCUT2D eigenvalue weighted by atomic mass is 9.73. The maximum Gasteiger partial charge on any atom is 0.188 e. The van der Waals surface area contributed by atoms with Crippen molar-refractivity contribution in [3.63, 3.8) is 0 Å². The van der Waals surface area contributed by atoms with Gasteiger partial charge in [0, 0.05) is 16.5 Å². The van der Waals surface area contributed by atoms with E-state index in [4.69, 9.17) is 13.1 Å². The number of benzene rings is 6. The third-order valence-corrected chi connectivity index (χ3v) is 9.21. The van der Waals surface area contributed by atoms with E-state index in [0.717, 1.165) is 44.3 Å². The van der Waals surface area contributed by atoms with Crippen LogP contribution >= 0.6 is 0 Å². The van der Waals surface area contributed by atoms with Crippen LogP contribution in [-0.2, 0) is 5.41 Å². The highest BCUT2D eigenvalue weighted by molar-refractivity contribution is 6.12. The van der Waals surface area contributed by atoms with Crippen molar-refractivity contribution in [1.29, 1.82) is 0 Å². The summed E-state index contributed by atoms with van der Waals surface area (Å²) in [7, 11) is 0. The summed E-state index contributed by atoms with van der Waals surface area (Å²) in [5, 5.41) is 1.93. The third kappa shape index (κ3) is 3.90. The van der Waals surface area contributed by atoms with Crippen molar-refractivity contribution in [1.82, 2.24) is 4.57 Å². The molecule has 7 aromatic rings. The SMILES string of the molecule is [C-]#[N+]c1ccc2c(c1)c1cc([N+]#[C-])ccc1n2-c1ccccc1-c1ccccc1N1c2ccccc2C(C)(C)c2ccccc21. The van der Waals surface area contributed by atoms with Crippen molar-refractivity contribution in [2.45, 2.75) is 19.3 Å². The summed E-state index contributed by atoms with van der Waals surface area (Å²) < 4.78 is 2.28. The molecule has 4 nitrogen and oxygen atoms in total. The van der Waals surface area contributed by atoms with Crippen LogP contribution < -0.4 is 4.90 Å². The first-order valence-electron chi connectivity index (χ1n) is 15.0. The van der Waals surface area contributed by atoms with Crippen molar-refractivity contribution >= 4 is 50.2 Å². The summed E-state index contributed by atoms with van der Waals surface area (Å²) in [5.41, 5.74) is 12.3. The van der Waals surface area contributed by atoms with Crippen LogP contribution in [0.3, 0.4) is 0 Å². The van der Waals surface area contributed by atoms with Gasteiger partial charge in [-0.3, -0.25) is 0 Å². The Hall–Kier alpha value is -6.10. The zero-order valence-corrected chi connectivity index (χ0v) is 25.0. The van der Waals surface area contributed by atoms with Gasteiger partial charge in [0.2, 0.25) is 0 Å². The van der Waals surface area contributed by atoms with Gasteiger partial charge in [0.15, 0.2) is 11.4 Å². The number of anilines is 3. The van der Waals surface area contributed by atoms with Crippen LogP contribution in [0.1, 0.15) is 25.0 Å². The molecular formula is C41H28N4. The van der Waals surface area contributed by atoms with Crippen LogP contribution in [0.15, 0.2) is 133 Å². The summed E-state index contributed by atoms with van der Waals surface area (Å²) >= 11 is 0. The van der Waals surface area contributed by atoms with Crippen molar-refractivity contribution in [2.24, 2.45) is 0 Å². The molecule has 0 fully saturated rings. The molecule has 2 heterocycles. The lowest BCUT2D eigenvalue weighted by molar-refractivity contribution is 0.632. The van der Waals surface area contributed by atoms with Crippen LogP contribution in [0.25, 0.3) is 48.3 Å². The minimum Gasteiger partial charge on any atom is -0.309 e. The van der Waals surface area contributed by atoms with Gasteiger partial charge in [0.25, 0.3) is 0 Å². The molecule has 0 radical (unpaired) electrons. The molecule has 8 rings (SSSR count). The molecule has 0 saturated heterocycles. The second kappa shape index (κ2) is 9.98. The minimum absolute atomic E-state index is 0.145. The molecule has 4 heteroatoms. The lowest BCUT2D eigenvalue weighted by Gasteiger charge is -2.42. The standard InChI is InChI=1S/C41H28N4/c1-41(2)33-15-7-11-19-39(33)45(40-20-12-8-16-34(40)41)36-18-10-6-14-30(36)29-13-5-9-17-35(29)44-37-23-21-27(42-3)25-31(37)32-26-28(43-4)22-24-38(32)44/h5-26H,1-2H3. The van der Waals surface area contributed by atoms with Crippen molar-refractivity contribution < 1.29 is 0 Å². The van der Waals surface area contributed by atoms with Gasteiger partial charge in [-0.25, -0.2) is 9.69 Å². The number of para-hydroxylation sites is 4. The average Bonchev–Trinajstić information content (AvgIpc) is 3.41. The third-order valence-electron chi connectivity index (χ3n) is 9.21. The summed E-state index contributed by atoms with van der Waals surface area (Å²) in [5.74, 6) is 0. The Bertz CT molecular complexity index is 2280. The first-order chi connectivity index (χ1) is 22.0. The molecule has 0 unspecified atom stereocenters. The Morgan fingerprint density at radius 2 is 0.911 bits per heavy atom. The van der Waals surface area contributed by atoms with Crippen molar-refractivity contribution in [2.75, 3.05) is 4.90 Å². The molecule has 45 heavy (non-hydrogen) atoms. The molecule has 0 amide bonds. The van der Waals surface area contributed by atoms with Crippen LogP contribution in [0.5, 0.6) is 0 Å². The summed E-state index contributed by atoms with van der Waals surface area (Å²) in [6.45, 7) is 19.9. The maximum absolute atomic E-state index is 7.64. The molecule has 1 aliphatic rings. The van der Waals surface area contributed by atoms with Crippen LogP contribution in [0.4, 0.5) is 28.4 Å². The Labute approximate surface area is 262 Å². The Morgan fingerprint density at radius 3 is 1.42 bits per heavy atom. The van der Waals surface area contributed by atoms with E-state index in [-0.39, 0.29) is 5.41 Å². The Morgan fingerprint density at radius 1 is 0.489 bits per heavy atom. The van der Waals surface area contributed by atoms with Gasteiger partial charge in [-0.1, -0.05) is 98.8 Å². The van der Waals surface area contributed by atoms with Crippen LogP contribution in [0, 0.1) is 13.1 Å². The Balaban J connectivity index is 1.42. The topological polar surface area (TPSA) is 16.9 Å². The zero-order valence-electron chi connectivity index (χ0n) is 25.0. The van der Waals surface area contributed by atoms with Crippen molar-refractivity contribution in [3.05, 3.63) is 167 Å². The molecule has 212 valence electrons. The van der Waals surface area contributed by atoms with E-state index in [0.29, 0.717) is 11.4 Å². The Kier molecular flexibility index (Phi) is 5.88. The molecule has 0 N–H and O–H groups in total. The highest BCUT2D eigenvalue weighted by Crippen LogP contribution is 2.53. The number of hydrogen-bond donors (Lipinski definition) is 0. The van der Waals surface area contributed by atoms with E-state index in [1.54, 1.807) is 0 Å². The number of hydrogen-bond acceptors (Lipinski definition) is 1. The molecule has 0 atom stereocenters. The van der Waals surface area contributed by atoms with Crippen molar-refractivity contribution in [3.8, 4) is 16.8 Å². The van der Waals surface area contributed by atoms with Gasteiger partial charge in [-0.2, -0.15) is 0 Å². The zero-order chi connectivity index (χ0) is 30.7. The van der Waals surface area contributed by atoms with E-state index in [1.165, 1.54) is 22.5 Å². The summed E-state index contributed by atoms with van der Waals surface area (Å²) in [6.07, 6.45) is 0. The molecule has 0 aliphatic carbocycles. The molecule has 1 aromatic heterocycles. The minimum atomic E-state index is -0.145. The first-order valence-corrected chi connectivity index (χ1v) is 15.0. The average molecular weight is 577 g/mol. The maximum atomic E-state index is 7.64. The number of rotatable bonds is 3. The fourth-order valence-corrected chi connectivity index (χ4v) is 7.12. The fourth-order valence-electron chi connectivity index (χ4n) is 7.12. The molecular weight excluding hydrogens is 548 g/mol. The van der Waals surface area contributed by atoms with Gasteiger partial charge in [-0.05, 0) is 70.4 Å². The molecule has 6 aromatic carbocycles. The van der Waals surface area contributed by atoms with Gasteiger partial charge in [0.1, 0.15) is 0 Å². The van der Waals surface area contributed by atoms with Crippen LogP contribution in [0.2, 0.25) is 0 Å². The van der Waals surface area contributed by atoms with Gasteiger partial charge >= 0.3 is 0 Å². The molecule has 0 spiro atoms. The monoisotopic (exact) mass is 576 g/mol. The lowest BCUT2D eigenvalue weighted by Crippen LogP contribution is -2.30. The first kappa shape index (κ1) is 26.5. The highest BCUT2D eigenvalue weighted by atomic mass is 15.2. The highest BCUT2D eigenvalue weighted by Gasteiger charge is 2.37. The molecule has 0 bridgehead atoms. The summed E-state index contributed by atoms with van der Waals surface area (Å²) in [6, 6.07) is 46.3. The van der Waals surface area contributed by atoms with Gasteiger partial charge in [-0.15, -0.1) is 0 Å². The normalized spacial score (nSPS) is 13.2. The fraction of sp³-hybridized carbons (Fsp3) is 0.0732. The predicted molar refractivity (Wildman–Crippen MR) is 186 cm³/mol. The number of fused-ring (bicyclic) bond motifs is 5. The largest absolute Gasteiger partial charge is 0.309 e. The van der Waals surface area contributed by atoms with E-state index >= 15 is 0 Å². The molecule has 1 aliphatic heterocycles. The predicted octanol–water partition coefficient (Wildman–Crippen LogP) is 11.7. The second-order valence-electron chi connectivity index (χ2n) is 12.0. The smallest absolute Gasteiger partial charge is 0.188 e. The van der Waals surface area contributed by atoms with Gasteiger partial charge in [0.05, 0.1) is 46.9 Å². The van der Waals surface area contributed by atoms with Crippen LogP contribution in [-0.4, -0.2) is 4.57 Å².